The number of ether oxygens (including phenoxy) is 2. The van der Waals surface area contributed by atoms with E-state index in [2.05, 4.69) is 30.3 Å². The van der Waals surface area contributed by atoms with Gasteiger partial charge < -0.3 is 20.1 Å². The van der Waals surface area contributed by atoms with E-state index in [1.54, 1.807) is 25.3 Å². The third-order valence-electron chi connectivity index (χ3n) is 4.76. The Morgan fingerprint density at radius 1 is 0.909 bits per heavy atom. The Bertz CT molecular complexity index is 1240. The maximum Gasteiger partial charge on any atom is 0.240 e. The van der Waals surface area contributed by atoms with Crippen LogP contribution in [0.2, 0.25) is 0 Å². The van der Waals surface area contributed by atoms with Gasteiger partial charge in [-0.25, -0.2) is 28.1 Å². The molecule has 0 bridgehead atoms. The summed E-state index contributed by atoms with van der Waals surface area (Å²) >= 11 is 0. The number of pyridine rings is 1. The number of fused-ring (bicyclic) bond motifs is 1. The molecule has 3 N–H and O–H groups in total. The predicted molar refractivity (Wildman–Crippen MR) is 125 cm³/mol. The lowest BCUT2D eigenvalue weighted by Gasteiger charge is -2.12. The minimum absolute atomic E-state index is 0.127. The van der Waals surface area contributed by atoms with Crippen molar-refractivity contribution < 1.29 is 17.9 Å². The summed E-state index contributed by atoms with van der Waals surface area (Å²) in [5.74, 6) is 3.42. The number of aromatic nitrogens is 3. The van der Waals surface area contributed by atoms with Crippen LogP contribution in [0.3, 0.4) is 0 Å². The van der Waals surface area contributed by atoms with E-state index in [-0.39, 0.29) is 11.4 Å². The molecule has 2 aromatic heterocycles. The molecule has 1 aromatic carbocycles. The van der Waals surface area contributed by atoms with Crippen LogP contribution >= 0.6 is 0 Å². The highest BCUT2D eigenvalue weighted by atomic mass is 32.2. The molecule has 174 valence electrons. The zero-order valence-corrected chi connectivity index (χ0v) is 19.3. The molecule has 0 radical (unpaired) electrons. The van der Waals surface area contributed by atoms with Crippen molar-refractivity contribution in [2.45, 2.75) is 25.2 Å². The highest BCUT2D eigenvalue weighted by molar-refractivity contribution is 7.89. The molecule has 0 saturated carbocycles. The smallest absolute Gasteiger partial charge is 0.240 e. The topological polar surface area (TPSA) is 127 Å². The second-order valence-corrected chi connectivity index (χ2v) is 9.28. The number of hydrogen-bond acceptors (Lipinski definition) is 9. The summed E-state index contributed by atoms with van der Waals surface area (Å²) < 4.78 is 39.1. The first-order valence-electron chi connectivity index (χ1n) is 10.6. The molecule has 10 nitrogen and oxygen atoms in total. The van der Waals surface area contributed by atoms with Crippen molar-refractivity contribution in [2.75, 3.05) is 36.9 Å². The van der Waals surface area contributed by atoms with Gasteiger partial charge in [-0.2, -0.15) is 0 Å². The third-order valence-corrected chi connectivity index (χ3v) is 6.22. The van der Waals surface area contributed by atoms with Gasteiger partial charge in [0.15, 0.2) is 11.5 Å². The van der Waals surface area contributed by atoms with Crippen LogP contribution in [0.4, 0.5) is 17.5 Å². The Kier molecular flexibility index (Phi) is 6.90. The molecular formula is C22H26N6O4S. The van der Waals surface area contributed by atoms with Gasteiger partial charge in [0.25, 0.3) is 0 Å². The SMILES string of the molecule is Cc1ccnc(Nc2cc(NCCNS(=O)(=O)c3ccc4c(c3)OCCCO4)nc(C)n2)c1. The van der Waals surface area contributed by atoms with Gasteiger partial charge >= 0.3 is 0 Å². The number of anilines is 3. The van der Waals surface area contributed by atoms with Crippen molar-refractivity contribution in [1.29, 1.82) is 0 Å². The lowest BCUT2D eigenvalue weighted by atomic mass is 10.3. The van der Waals surface area contributed by atoms with Crippen LogP contribution in [0.15, 0.2) is 47.5 Å². The van der Waals surface area contributed by atoms with Crippen molar-refractivity contribution in [3.05, 3.63) is 54.0 Å². The number of aryl methyl sites for hydroxylation is 2. The summed E-state index contributed by atoms with van der Waals surface area (Å²) in [5, 5.41) is 6.28. The largest absolute Gasteiger partial charge is 0.490 e. The predicted octanol–water partition coefficient (Wildman–Crippen LogP) is 2.78. The molecular weight excluding hydrogens is 444 g/mol. The molecule has 0 atom stereocenters. The normalized spacial score (nSPS) is 13.3. The number of nitrogens with zero attached hydrogens (tertiary/aromatic N) is 3. The van der Waals surface area contributed by atoms with Gasteiger partial charge in [-0.3, -0.25) is 0 Å². The summed E-state index contributed by atoms with van der Waals surface area (Å²) in [4.78, 5) is 13.1. The van der Waals surface area contributed by atoms with E-state index < -0.39 is 10.0 Å². The maximum atomic E-state index is 12.7. The van der Waals surface area contributed by atoms with E-state index in [0.717, 1.165) is 12.0 Å². The quantitative estimate of drug-likeness (QED) is 0.426. The van der Waals surface area contributed by atoms with Gasteiger partial charge in [0.2, 0.25) is 10.0 Å². The van der Waals surface area contributed by atoms with E-state index in [1.807, 2.05) is 19.1 Å². The van der Waals surface area contributed by atoms with E-state index in [4.69, 9.17) is 9.47 Å². The Balaban J connectivity index is 1.35. The number of rotatable bonds is 8. The summed E-state index contributed by atoms with van der Waals surface area (Å²) in [6.45, 7) is 5.31. The summed E-state index contributed by atoms with van der Waals surface area (Å²) in [6.07, 6.45) is 2.47. The molecule has 3 aromatic rings. The Labute approximate surface area is 192 Å². The lowest BCUT2D eigenvalue weighted by Crippen LogP contribution is -2.29. The maximum absolute atomic E-state index is 12.7. The summed E-state index contributed by atoms with van der Waals surface area (Å²) in [6, 6.07) is 10.2. The second-order valence-electron chi connectivity index (χ2n) is 7.51. The van der Waals surface area contributed by atoms with Crippen molar-refractivity contribution in [3.63, 3.8) is 0 Å². The van der Waals surface area contributed by atoms with E-state index in [0.29, 0.717) is 54.5 Å². The van der Waals surface area contributed by atoms with Gasteiger partial charge in [0, 0.05) is 37.8 Å². The molecule has 33 heavy (non-hydrogen) atoms. The molecule has 11 heteroatoms. The van der Waals surface area contributed by atoms with Crippen molar-refractivity contribution in [2.24, 2.45) is 0 Å². The molecule has 0 amide bonds. The highest BCUT2D eigenvalue weighted by Gasteiger charge is 2.18. The summed E-state index contributed by atoms with van der Waals surface area (Å²) in [7, 11) is -3.70. The minimum Gasteiger partial charge on any atom is -0.490 e. The standard InChI is InChI=1S/C22H26N6O4S/c1-15-6-7-23-20(12-15)28-22-14-21(26-16(2)27-22)24-8-9-25-33(29,30)17-4-5-18-19(13-17)32-11-3-10-31-18/h4-7,12-14,25H,3,8-11H2,1-2H3,(H2,23,24,26,27,28). The average Bonchev–Trinajstić information content (AvgIpc) is 3.01. The fraction of sp³-hybridized carbons (Fsp3) is 0.318. The van der Waals surface area contributed by atoms with Gasteiger partial charge in [-0.1, -0.05) is 0 Å². The first kappa shape index (κ1) is 22.7. The van der Waals surface area contributed by atoms with Crippen LogP contribution < -0.4 is 24.8 Å². The van der Waals surface area contributed by atoms with Crippen LogP contribution in [0.25, 0.3) is 0 Å². The highest BCUT2D eigenvalue weighted by Crippen LogP contribution is 2.31. The van der Waals surface area contributed by atoms with E-state index >= 15 is 0 Å². The molecule has 0 fully saturated rings. The minimum atomic E-state index is -3.70. The molecule has 0 spiro atoms. The average molecular weight is 471 g/mol. The molecule has 0 saturated heterocycles. The molecule has 3 heterocycles. The zero-order chi connectivity index (χ0) is 23.3. The lowest BCUT2D eigenvalue weighted by molar-refractivity contribution is 0.297. The number of nitrogens with one attached hydrogen (secondary N) is 3. The molecule has 1 aliphatic heterocycles. The first-order chi connectivity index (χ1) is 15.9. The van der Waals surface area contributed by atoms with Gasteiger partial charge in [0.1, 0.15) is 23.3 Å². The Hall–Kier alpha value is -3.44. The van der Waals surface area contributed by atoms with Crippen LogP contribution in [-0.4, -0.2) is 49.7 Å². The van der Waals surface area contributed by atoms with Crippen molar-refractivity contribution in [3.8, 4) is 11.5 Å². The molecule has 0 aliphatic carbocycles. The second kappa shape index (κ2) is 10.0. The fourth-order valence-corrected chi connectivity index (χ4v) is 4.27. The van der Waals surface area contributed by atoms with Crippen LogP contribution in [0.5, 0.6) is 11.5 Å². The number of benzene rings is 1. The van der Waals surface area contributed by atoms with Gasteiger partial charge in [0.05, 0.1) is 18.1 Å². The van der Waals surface area contributed by atoms with Crippen molar-refractivity contribution in [1.82, 2.24) is 19.7 Å². The van der Waals surface area contributed by atoms with E-state index in [1.165, 1.54) is 12.1 Å². The fourth-order valence-electron chi connectivity index (χ4n) is 3.23. The summed E-state index contributed by atoms with van der Waals surface area (Å²) in [5.41, 5.74) is 1.08. The Morgan fingerprint density at radius 3 is 2.52 bits per heavy atom. The number of hydrogen-bond donors (Lipinski definition) is 3. The van der Waals surface area contributed by atoms with Crippen LogP contribution in [0, 0.1) is 13.8 Å². The molecule has 1 aliphatic rings. The zero-order valence-electron chi connectivity index (χ0n) is 18.5. The van der Waals surface area contributed by atoms with Crippen molar-refractivity contribution >= 4 is 27.5 Å². The Morgan fingerprint density at radius 2 is 1.70 bits per heavy atom. The first-order valence-corrected chi connectivity index (χ1v) is 12.1. The van der Waals surface area contributed by atoms with E-state index in [9.17, 15) is 8.42 Å². The monoisotopic (exact) mass is 470 g/mol. The molecule has 0 unspecified atom stereocenters. The van der Waals surface area contributed by atoms with Gasteiger partial charge in [-0.15, -0.1) is 0 Å². The number of sulfonamides is 1. The van der Waals surface area contributed by atoms with Crippen LogP contribution in [-0.2, 0) is 10.0 Å². The molecule has 4 rings (SSSR count). The third kappa shape index (κ3) is 6.08. The van der Waals surface area contributed by atoms with Gasteiger partial charge in [-0.05, 0) is 43.7 Å². The van der Waals surface area contributed by atoms with Crippen LogP contribution in [0.1, 0.15) is 17.8 Å².